The number of hydrogen-bond donors (Lipinski definition) is 2. The summed E-state index contributed by atoms with van der Waals surface area (Å²) in [6, 6.07) is 14.8. The Morgan fingerprint density at radius 2 is 1.76 bits per heavy atom. The van der Waals surface area contributed by atoms with Crippen LogP contribution in [0, 0.1) is 11.8 Å². The van der Waals surface area contributed by atoms with Gasteiger partial charge in [0.05, 0.1) is 12.3 Å². The number of benzene rings is 2. The number of hydrogen-bond acceptors (Lipinski definition) is 5. The van der Waals surface area contributed by atoms with Gasteiger partial charge in [0.15, 0.2) is 0 Å². The van der Waals surface area contributed by atoms with E-state index in [0.717, 1.165) is 5.56 Å². The molecule has 4 atom stereocenters. The lowest BCUT2D eigenvalue weighted by molar-refractivity contribution is -0.731. The molecule has 2 fully saturated rings. The second-order valence-electron chi connectivity index (χ2n) is 7.64. The summed E-state index contributed by atoms with van der Waals surface area (Å²) in [6.07, 6.45) is 0. The van der Waals surface area contributed by atoms with Crippen LogP contribution < -0.4 is 10.2 Å². The van der Waals surface area contributed by atoms with Crippen molar-refractivity contribution in [2.75, 3.05) is 11.5 Å². The lowest BCUT2D eigenvalue weighted by Crippen LogP contribution is -2.97. The maximum Gasteiger partial charge on any atom is 0.368 e. The Labute approximate surface area is 168 Å². The van der Waals surface area contributed by atoms with E-state index in [0.29, 0.717) is 5.69 Å². The van der Waals surface area contributed by atoms with Crippen molar-refractivity contribution in [2.45, 2.75) is 25.4 Å². The number of imide groups is 1. The molecule has 2 aliphatic rings. The topological polar surface area (TPSA) is 101 Å². The molecule has 0 unspecified atom stereocenters. The summed E-state index contributed by atoms with van der Waals surface area (Å²) in [5.41, 5.74) is 0.0360. The second-order valence-corrected chi connectivity index (χ2v) is 7.64. The zero-order chi connectivity index (χ0) is 20.8. The molecule has 0 bridgehead atoms. The number of rotatable bonds is 4. The van der Waals surface area contributed by atoms with Gasteiger partial charge >= 0.3 is 5.97 Å². The van der Waals surface area contributed by atoms with E-state index in [1.165, 1.54) is 17.0 Å². The van der Waals surface area contributed by atoms with Gasteiger partial charge in [0.2, 0.25) is 17.4 Å². The zero-order valence-electron chi connectivity index (χ0n) is 16.2. The molecule has 0 aromatic heterocycles. The summed E-state index contributed by atoms with van der Waals surface area (Å²) in [6.45, 7) is 3.57. The van der Waals surface area contributed by atoms with Gasteiger partial charge in [0, 0.05) is 12.5 Å². The number of anilines is 1. The third-order valence-corrected chi connectivity index (χ3v) is 5.92. The molecule has 2 aromatic rings. The van der Waals surface area contributed by atoms with Gasteiger partial charge in [-0.3, -0.25) is 9.59 Å². The monoisotopic (exact) mass is 395 g/mol. The van der Waals surface area contributed by atoms with E-state index in [1.807, 2.05) is 6.07 Å². The van der Waals surface area contributed by atoms with E-state index >= 15 is 0 Å². The smallest absolute Gasteiger partial charge is 0.368 e. The predicted octanol–water partition coefficient (Wildman–Crippen LogP) is 1.14. The van der Waals surface area contributed by atoms with Crippen molar-refractivity contribution in [2.24, 2.45) is 11.8 Å². The number of nitrogens with two attached hydrogens (primary N) is 1. The fourth-order valence-corrected chi connectivity index (χ4v) is 4.58. The minimum absolute atomic E-state index is 0.108. The van der Waals surface area contributed by atoms with Crippen molar-refractivity contribution in [1.82, 2.24) is 0 Å². The molecule has 0 aliphatic carbocycles. The summed E-state index contributed by atoms with van der Waals surface area (Å²) in [5, 5.41) is 11.4. The molecule has 0 radical (unpaired) electrons. The van der Waals surface area contributed by atoms with Crippen LogP contribution in [0.4, 0.5) is 5.69 Å². The number of fused-ring (bicyclic) bond motifs is 1. The number of phenols is 1. The van der Waals surface area contributed by atoms with Crippen LogP contribution in [-0.2, 0) is 19.1 Å². The maximum atomic E-state index is 13.4. The van der Waals surface area contributed by atoms with Crippen LogP contribution in [0.1, 0.15) is 25.5 Å². The highest BCUT2D eigenvalue weighted by Crippen LogP contribution is 2.45. The first-order chi connectivity index (χ1) is 13.9. The number of aromatic hydroxyl groups is 1. The van der Waals surface area contributed by atoms with E-state index in [9.17, 15) is 19.5 Å². The minimum atomic E-state index is -1.22. The number of carbonyl (C=O) groups excluding carboxylic acids is 3. The molecule has 0 spiro atoms. The Balaban J connectivity index is 1.81. The number of ether oxygens (including phenoxy) is 1. The normalized spacial score (nSPS) is 28.5. The fraction of sp³-hybridized carbons (Fsp3) is 0.318. The Kier molecular flexibility index (Phi) is 4.62. The molecule has 7 heteroatoms. The average molecular weight is 395 g/mol. The highest BCUT2D eigenvalue weighted by atomic mass is 16.5. The number of quaternary nitrogens is 1. The molecule has 0 saturated carbocycles. The van der Waals surface area contributed by atoms with E-state index in [1.54, 1.807) is 55.6 Å². The minimum Gasteiger partial charge on any atom is -0.508 e. The van der Waals surface area contributed by atoms with Crippen LogP contribution in [0.25, 0.3) is 0 Å². The second kappa shape index (κ2) is 7.00. The van der Waals surface area contributed by atoms with Gasteiger partial charge in [-0.25, -0.2) is 9.69 Å². The molecule has 2 amide bonds. The predicted molar refractivity (Wildman–Crippen MR) is 104 cm³/mol. The number of nitrogens with zero attached hydrogens (tertiary/aromatic N) is 1. The van der Waals surface area contributed by atoms with Crippen LogP contribution in [0.2, 0.25) is 0 Å². The molecular formula is C22H23N2O5+. The molecule has 4 rings (SSSR count). The molecule has 2 aromatic carbocycles. The molecule has 29 heavy (non-hydrogen) atoms. The lowest BCUT2D eigenvalue weighted by Gasteiger charge is -2.26. The quantitative estimate of drug-likeness (QED) is 0.597. The van der Waals surface area contributed by atoms with Gasteiger partial charge in [0.25, 0.3) is 0 Å². The Bertz CT molecular complexity index is 959. The number of esters is 1. The molecule has 2 saturated heterocycles. The molecule has 2 heterocycles. The van der Waals surface area contributed by atoms with Crippen LogP contribution >= 0.6 is 0 Å². The van der Waals surface area contributed by atoms with Crippen molar-refractivity contribution in [3.63, 3.8) is 0 Å². The number of amides is 2. The SMILES string of the molecule is CCOC(=O)[C@]1(C)[NH2+][C@@H](c2ccc(O)cc2)[C@H]2C(=O)N(c3ccccc3)C(=O)[C@@H]21. The highest BCUT2D eigenvalue weighted by Gasteiger charge is 2.70. The van der Waals surface area contributed by atoms with Crippen molar-refractivity contribution < 1.29 is 29.5 Å². The number of phenolic OH excluding ortho intramolecular Hbond substituents is 1. The summed E-state index contributed by atoms with van der Waals surface area (Å²) in [4.78, 5) is 40.8. The molecular weight excluding hydrogens is 372 g/mol. The first-order valence-corrected chi connectivity index (χ1v) is 9.63. The van der Waals surface area contributed by atoms with Gasteiger partial charge in [-0.2, -0.15) is 0 Å². The van der Waals surface area contributed by atoms with Gasteiger partial charge in [0.1, 0.15) is 23.6 Å². The van der Waals surface area contributed by atoms with Gasteiger partial charge in [-0.1, -0.05) is 18.2 Å². The Morgan fingerprint density at radius 1 is 1.10 bits per heavy atom. The third-order valence-electron chi connectivity index (χ3n) is 5.92. The highest BCUT2D eigenvalue weighted by molar-refractivity contribution is 6.23. The summed E-state index contributed by atoms with van der Waals surface area (Å²) in [5.74, 6) is -2.66. The van der Waals surface area contributed by atoms with Crippen LogP contribution in [0.3, 0.4) is 0 Å². The Morgan fingerprint density at radius 3 is 2.38 bits per heavy atom. The third kappa shape index (κ3) is 2.89. The van der Waals surface area contributed by atoms with Crippen LogP contribution in [0.15, 0.2) is 54.6 Å². The summed E-state index contributed by atoms with van der Waals surface area (Å²) >= 11 is 0. The first-order valence-electron chi connectivity index (χ1n) is 9.63. The number of carbonyl (C=O) groups is 3. The van der Waals surface area contributed by atoms with E-state index in [4.69, 9.17) is 4.74 Å². The molecule has 3 N–H and O–H groups in total. The summed E-state index contributed by atoms with van der Waals surface area (Å²) < 4.78 is 5.27. The largest absolute Gasteiger partial charge is 0.508 e. The average Bonchev–Trinajstić information content (AvgIpc) is 3.17. The van der Waals surface area contributed by atoms with Gasteiger partial charge in [-0.15, -0.1) is 0 Å². The summed E-state index contributed by atoms with van der Waals surface area (Å²) in [7, 11) is 0. The zero-order valence-corrected chi connectivity index (χ0v) is 16.2. The van der Waals surface area contributed by atoms with Crippen molar-refractivity contribution in [1.29, 1.82) is 0 Å². The maximum absolute atomic E-state index is 13.4. The first kappa shape index (κ1) is 19.1. The van der Waals surface area contributed by atoms with Gasteiger partial charge < -0.3 is 15.2 Å². The molecule has 150 valence electrons. The lowest BCUT2D eigenvalue weighted by atomic mass is 9.80. The van der Waals surface area contributed by atoms with Gasteiger partial charge in [-0.05, 0) is 43.3 Å². The van der Waals surface area contributed by atoms with Crippen LogP contribution in [0.5, 0.6) is 5.75 Å². The van der Waals surface area contributed by atoms with Crippen molar-refractivity contribution in [3.8, 4) is 5.75 Å². The van der Waals surface area contributed by atoms with Crippen molar-refractivity contribution in [3.05, 3.63) is 60.2 Å². The fourth-order valence-electron chi connectivity index (χ4n) is 4.58. The van der Waals surface area contributed by atoms with Crippen molar-refractivity contribution >= 4 is 23.5 Å². The molecule has 7 nitrogen and oxygen atoms in total. The van der Waals surface area contributed by atoms with Crippen LogP contribution in [-0.4, -0.2) is 35.0 Å². The number of para-hydroxylation sites is 1. The van der Waals surface area contributed by atoms with E-state index in [2.05, 4.69) is 0 Å². The molecule has 2 aliphatic heterocycles. The standard InChI is InChI=1S/C22H22N2O5/c1-3-29-21(28)22(2)17-16(18(23-22)13-9-11-15(25)12-10-13)19(26)24(20(17)27)14-7-5-4-6-8-14/h4-12,16-18,23,25H,3H2,1-2H3/p+1/t16-,17+,18-,22+/m0/s1. The Hall–Kier alpha value is -3.19. The van der Waals surface area contributed by atoms with E-state index < -0.39 is 29.4 Å². The van der Waals surface area contributed by atoms with E-state index in [-0.39, 0.29) is 24.2 Å².